The number of Topliss-reactive ketones (excluding diaryl/α,β-unsaturated/α-hetero) is 1. The maximum Gasteiger partial charge on any atom is 0.173 e. The molecule has 0 saturated carbocycles. The Balaban J connectivity index is 2.30. The van der Waals surface area contributed by atoms with Crippen molar-refractivity contribution in [1.29, 1.82) is 0 Å². The number of hydrogen-bond acceptors (Lipinski definition) is 3. The molecule has 18 heavy (non-hydrogen) atoms. The Morgan fingerprint density at radius 1 is 1.33 bits per heavy atom. The van der Waals surface area contributed by atoms with Crippen LogP contribution in [0.15, 0.2) is 18.5 Å². The van der Waals surface area contributed by atoms with E-state index >= 15 is 0 Å². The van der Waals surface area contributed by atoms with E-state index in [9.17, 15) is 13.6 Å². The van der Waals surface area contributed by atoms with Gasteiger partial charge in [-0.1, -0.05) is 0 Å². The largest absolute Gasteiger partial charge is 0.294 e. The third kappa shape index (κ3) is 2.27. The van der Waals surface area contributed by atoms with Crippen molar-refractivity contribution >= 4 is 5.78 Å². The first-order chi connectivity index (χ1) is 8.49. The zero-order valence-electron chi connectivity index (χ0n) is 9.94. The summed E-state index contributed by atoms with van der Waals surface area (Å²) in [6.45, 7) is 1.48. The van der Waals surface area contributed by atoms with E-state index in [4.69, 9.17) is 0 Å². The number of carbonyl (C=O) groups excluding carboxylic acids is 1. The molecule has 0 N–H and O–H groups in total. The van der Waals surface area contributed by atoms with Crippen LogP contribution in [0.25, 0.3) is 0 Å². The van der Waals surface area contributed by atoms with Gasteiger partial charge in [-0.3, -0.25) is 9.48 Å². The fourth-order valence-electron chi connectivity index (χ4n) is 1.59. The van der Waals surface area contributed by atoms with E-state index in [0.717, 1.165) is 6.07 Å². The highest BCUT2D eigenvalue weighted by atomic mass is 19.1. The minimum atomic E-state index is -0.856. The van der Waals surface area contributed by atoms with Crippen molar-refractivity contribution < 1.29 is 13.6 Å². The van der Waals surface area contributed by atoms with E-state index in [1.165, 1.54) is 24.0 Å². The molecule has 2 aromatic rings. The van der Waals surface area contributed by atoms with Crippen molar-refractivity contribution in [2.24, 2.45) is 7.05 Å². The highest BCUT2D eigenvalue weighted by Crippen LogP contribution is 2.16. The number of nitrogens with zero attached hydrogens (tertiary/aromatic N) is 3. The van der Waals surface area contributed by atoms with E-state index in [1.54, 1.807) is 7.05 Å². The highest BCUT2D eigenvalue weighted by molar-refractivity contribution is 5.97. The molecule has 0 atom stereocenters. The molecule has 0 spiro atoms. The van der Waals surface area contributed by atoms with Crippen LogP contribution in [-0.2, 0) is 13.5 Å². The minimum absolute atomic E-state index is 0.0709. The summed E-state index contributed by atoms with van der Waals surface area (Å²) in [5, 5.41) is 3.82. The molecule has 0 aliphatic carbocycles. The smallest absolute Gasteiger partial charge is 0.173 e. The predicted octanol–water partition coefficient (Wildman–Crippen LogP) is 1.83. The van der Waals surface area contributed by atoms with Crippen LogP contribution in [0.1, 0.15) is 21.7 Å². The molecule has 0 amide bonds. The van der Waals surface area contributed by atoms with E-state index in [1.807, 2.05) is 0 Å². The van der Waals surface area contributed by atoms with Crippen LogP contribution >= 0.6 is 0 Å². The van der Waals surface area contributed by atoms with Gasteiger partial charge in [0.05, 0.1) is 12.0 Å². The van der Waals surface area contributed by atoms with Gasteiger partial charge in [0.1, 0.15) is 23.8 Å². The average Bonchev–Trinajstić information content (AvgIpc) is 2.69. The molecular weight excluding hydrogens is 240 g/mol. The maximum absolute atomic E-state index is 13.5. The SMILES string of the molecule is Cc1cc(C(=O)Cc2ncnn2C)c(F)cc1F. The number of hydrogen-bond donors (Lipinski definition) is 0. The first-order valence-electron chi connectivity index (χ1n) is 5.30. The van der Waals surface area contributed by atoms with Crippen molar-refractivity contribution in [2.45, 2.75) is 13.3 Å². The molecule has 4 nitrogen and oxygen atoms in total. The fraction of sp³-hybridized carbons (Fsp3) is 0.250. The Kier molecular flexibility index (Phi) is 3.18. The van der Waals surface area contributed by atoms with Gasteiger partial charge in [-0.2, -0.15) is 5.10 Å². The molecule has 94 valence electrons. The lowest BCUT2D eigenvalue weighted by Gasteiger charge is -2.04. The first kappa shape index (κ1) is 12.3. The van der Waals surface area contributed by atoms with Gasteiger partial charge in [-0.05, 0) is 18.6 Å². The number of carbonyl (C=O) groups is 1. The lowest BCUT2D eigenvalue weighted by Crippen LogP contribution is -2.11. The Labute approximate surface area is 102 Å². The third-order valence-electron chi connectivity index (χ3n) is 2.67. The number of rotatable bonds is 3. The Morgan fingerprint density at radius 2 is 2.06 bits per heavy atom. The molecule has 1 aromatic carbocycles. The van der Waals surface area contributed by atoms with Crippen molar-refractivity contribution in [1.82, 2.24) is 14.8 Å². The van der Waals surface area contributed by atoms with Crippen molar-refractivity contribution in [3.8, 4) is 0 Å². The van der Waals surface area contributed by atoms with Gasteiger partial charge in [0.15, 0.2) is 5.78 Å². The molecule has 0 saturated heterocycles. The number of aromatic nitrogens is 3. The third-order valence-corrected chi connectivity index (χ3v) is 2.67. The molecule has 0 fully saturated rings. The lowest BCUT2D eigenvalue weighted by molar-refractivity contribution is 0.0985. The lowest BCUT2D eigenvalue weighted by atomic mass is 10.0. The second kappa shape index (κ2) is 4.64. The van der Waals surface area contributed by atoms with E-state index in [-0.39, 0.29) is 17.5 Å². The van der Waals surface area contributed by atoms with Crippen LogP contribution in [0.2, 0.25) is 0 Å². The molecule has 0 bridgehead atoms. The van der Waals surface area contributed by atoms with Crippen LogP contribution < -0.4 is 0 Å². The molecule has 1 aromatic heterocycles. The molecule has 0 aliphatic heterocycles. The summed E-state index contributed by atoms with van der Waals surface area (Å²) in [5.41, 5.74) is 0.106. The monoisotopic (exact) mass is 251 g/mol. The average molecular weight is 251 g/mol. The van der Waals surface area contributed by atoms with Crippen molar-refractivity contribution in [3.05, 3.63) is 47.0 Å². The zero-order valence-corrected chi connectivity index (χ0v) is 9.94. The summed E-state index contributed by atoms with van der Waals surface area (Å²) in [6, 6.07) is 1.93. The summed E-state index contributed by atoms with van der Waals surface area (Å²) in [6.07, 6.45) is 1.24. The van der Waals surface area contributed by atoms with E-state index < -0.39 is 17.4 Å². The highest BCUT2D eigenvalue weighted by Gasteiger charge is 2.16. The summed E-state index contributed by atoms with van der Waals surface area (Å²) in [7, 11) is 1.64. The molecule has 1 heterocycles. The summed E-state index contributed by atoms with van der Waals surface area (Å²) in [5.74, 6) is -1.54. The van der Waals surface area contributed by atoms with Crippen LogP contribution in [0, 0.1) is 18.6 Å². The van der Waals surface area contributed by atoms with Gasteiger partial charge in [0, 0.05) is 13.1 Å². The molecule has 2 rings (SSSR count). The zero-order chi connectivity index (χ0) is 13.3. The maximum atomic E-state index is 13.5. The number of halogens is 2. The normalized spacial score (nSPS) is 10.7. The second-order valence-electron chi connectivity index (χ2n) is 3.98. The molecule has 0 radical (unpaired) electrons. The van der Waals surface area contributed by atoms with E-state index in [0.29, 0.717) is 5.82 Å². The Hall–Kier alpha value is -2.11. The van der Waals surface area contributed by atoms with Crippen LogP contribution in [0.3, 0.4) is 0 Å². The molecule has 0 unspecified atom stereocenters. The minimum Gasteiger partial charge on any atom is -0.294 e. The molecule has 0 aliphatic rings. The molecule has 6 heteroatoms. The van der Waals surface area contributed by atoms with Gasteiger partial charge < -0.3 is 0 Å². The van der Waals surface area contributed by atoms with Gasteiger partial charge >= 0.3 is 0 Å². The summed E-state index contributed by atoms with van der Waals surface area (Å²) >= 11 is 0. The van der Waals surface area contributed by atoms with Crippen LogP contribution in [0.4, 0.5) is 8.78 Å². The van der Waals surface area contributed by atoms with Crippen LogP contribution in [-0.4, -0.2) is 20.5 Å². The van der Waals surface area contributed by atoms with Gasteiger partial charge in [0.2, 0.25) is 0 Å². The Bertz CT molecular complexity index is 607. The summed E-state index contributed by atoms with van der Waals surface area (Å²) < 4.78 is 28.0. The quantitative estimate of drug-likeness (QED) is 0.782. The van der Waals surface area contributed by atoms with E-state index in [2.05, 4.69) is 10.1 Å². The first-order valence-corrected chi connectivity index (χ1v) is 5.30. The predicted molar refractivity (Wildman–Crippen MR) is 60.1 cm³/mol. The van der Waals surface area contributed by atoms with Crippen LogP contribution in [0.5, 0.6) is 0 Å². The molecular formula is C12H11F2N3O. The Morgan fingerprint density at radius 3 is 2.67 bits per heavy atom. The summed E-state index contributed by atoms with van der Waals surface area (Å²) in [4.78, 5) is 15.8. The van der Waals surface area contributed by atoms with Crippen molar-refractivity contribution in [2.75, 3.05) is 0 Å². The standard InChI is InChI=1S/C12H11F2N3O/c1-7-3-8(10(14)4-9(7)13)11(18)5-12-15-6-16-17(12)2/h3-4,6H,5H2,1-2H3. The fourth-order valence-corrected chi connectivity index (χ4v) is 1.59. The van der Waals surface area contributed by atoms with Gasteiger partial charge in [0.25, 0.3) is 0 Å². The van der Waals surface area contributed by atoms with Gasteiger partial charge in [-0.25, -0.2) is 13.8 Å². The van der Waals surface area contributed by atoms with Gasteiger partial charge in [-0.15, -0.1) is 0 Å². The van der Waals surface area contributed by atoms with Crippen molar-refractivity contribution in [3.63, 3.8) is 0 Å². The second-order valence-corrected chi connectivity index (χ2v) is 3.98. The topological polar surface area (TPSA) is 47.8 Å². The number of ketones is 1. The number of benzene rings is 1. The number of aryl methyl sites for hydroxylation is 2.